The first-order valence-electron chi connectivity index (χ1n) is 5.97. The molecule has 0 fully saturated rings. The number of halogens is 2. The number of nitrogens with zero attached hydrogens (tertiary/aromatic N) is 1. The third-order valence-corrected chi connectivity index (χ3v) is 4.62. The van der Waals surface area contributed by atoms with Crippen LogP contribution in [-0.4, -0.2) is 13.3 Å². The highest BCUT2D eigenvalue weighted by Gasteiger charge is 2.21. The molecule has 0 atom stereocenters. The van der Waals surface area contributed by atoms with Crippen LogP contribution in [0.25, 0.3) is 0 Å². The molecule has 6 nitrogen and oxygen atoms in total. The Kier molecular flexibility index (Phi) is 4.77. The first-order chi connectivity index (χ1) is 10.3. The normalized spacial score (nSPS) is 11.2. The van der Waals surface area contributed by atoms with Crippen molar-refractivity contribution in [1.29, 1.82) is 0 Å². The van der Waals surface area contributed by atoms with E-state index < -0.39 is 26.5 Å². The summed E-state index contributed by atoms with van der Waals surface area (Å²) in [6, 6.07) is 9.49. The maximum Gasteiger partial charge on any atom is 0.273 e. The number of hydrogen-bond acceptors (Lipinski definition) is 4. The second-order valence-corrected chi connectivity index (χ2v) is 6.92. The minimum Gasteiger partial charge on any atom is -0.279 e. The maximum absolute atomic E-state index is 13.7. The van der Waals surface area contributed by atoms with E-state index in [0.717, 1.165) is 6.07 Å². The molecule has 0 saturated heterocycles. The Labute approximate surface area is 134 Å². The minimum atomic E-state index is -4.01. The summed E-state index contributed by atoms with van der Waals surface area (Å²) >= 11 is 3.05. The molecule has 0 spiro atoms. The van der Waals surface area contributed by atoms with Crippen LogP contribution in [0.1, 0.15) is 5.56 Å². The van der Waals surface area contributed by atoms with Crippen molar-refractivity contribution in [3.05, 3.63) is 68.4 Å². The highest BCUT2D eigenvalue weighted by molar-refractivity contribution is 9.10. The van der Waals surface area contributed by atoms with E-state index in [1.807, 2.05) is 0 Å². The smallest absolute Gasteiger partial charge is 0.273 e. The average Bonchev–Trinajstić information content (AvgIpc) is 2.43. The van der Waals surface area contributed by atoms with Crippen LogP contribution in [-0.2, 0) is 15.8 Å². The van der Waals surface area contributed by atoms with E-state index in [1.165, 1.54) is 36.4 Å². The van der Waals surface area contributed by atoms with Crippen LogP contribution in [0.15, 0.2) is 46.9 Å². The third-order valence-electron chi connectivity index (χ3n) is 2.75. The predicted molar refractivity (Wildman–Crippen MR) is 83.4 cm³/mol. The second kappa shape index (κ2) is 6.41. The summed E-state index contributed by atoms with van der Waals surface area (Å²) in [4.78, 5) is 10.2. The van der Waals surface area contributed by atoms with Crippen molar-refractivity contribution in [3.8, 4) is 0 Å². The summed E-state index contributed by atoms with van der Waals surface area (Å²) in [6.07, 6.45) is 0. The fourth-order valence-electron chi connectivity index (χ4n) is 1.80. The molecule has 1 N–H and O–H groups in total. The van der Waals surface area contributed by atoms with Crippen molar-refractivity contribution in [3.63, 3.8) is 0 Å². The van der Waals surface area contributed by atoms with Gasteiger partial charge in [-0.1, -0.05) is 24.3 Å². The van der Waals surface area contributed by atoms with Crippen LogP contribution in [0.2, 0.25) is 0 Å². The molecule has 0 heterocycles. The van der Waals surface area contributed by atoms with E-state index in [1.54, 1.807) is 0 Å². The van der Waals surface area contributed by atoms with Gasteiger partial charge in [0.25, 0.3) is 5.69 Å². The van der Waals surface area contributed by atoms with Gasteiger partial charge in [-0.25, -0.2) is 12.8 Å². The summed E-state index contributed by atoms with van der Waals surface area (Å²) in [6.45, 7) is 0. The highest BCUT2D eigenvalue weighted by Crippen LogP contribution is 2.27. The van der Waals surface area contributed by atoms with E-state index in [2.05, 4.69) is 20.7 Å². The molecule has 116 valence electrons. The van der Waals surface area contributed by atoms with Gasteiger partial charge in [-0.3, -0.25) is 14.8 Å². The van der Waals surface area contributed by atoms with Crippen molar-refractivity contribution in [2.75, 3.05) is 4.72 Å². The molecule has 0 amide bonds. The lowest BCUT2D eigenvalue weighted by atomic mass is 10.2. The van der Waals surface area contributed by atoms with Crippen molar-refractivity contribution >= 4 is 37.3 Å². The first kappa shape index (κ1) is 16.4. The van der Waals surface area contributed by atoms with E-state index in [0.29, 0.717) is 0 Å². The van der Waals surface area contributed by atoms with E-state index in [9.17, 15) is 22.9 Å². The fourth-order valence-corrected chi connectivity index (χ4v) is 3.62. The zero-order valence-electron chi connectivity index (χ0n) is 11.0. The Balaban J connectivity index is 2.32. The van der Waals surface area contributed by atoms with Gasteiger partial charge < -0.3 is 0 Å². The summed E-state index contributed by atoms with van der Waals surface area (Å²) in [7, 11) is -4.01. The minimum absolute atomic E-state index is 0.0208. The van der Waals surface area contributed by atoms with Crippen molar-refractivity contribution in [2.24, 2.45) is 0 Å². The molecule has 2 aromatic carbocycles. The van der Waals surface area contributed by atoms with E-state index >= 15 is 0 Å². The lowest BCUT2D eigenvalue weighted by Gasteiger charge is -2.10. The summed E-state index contributed by atoms with van der Waals surface area (Å²) < 4.78 is 40.2. The standard InChI is InChI=1S/C13H10BrFN2O4S/c14-10-5-3-6-11(15)13(10)16-22(20,21)8-9-4-1-2-7-12(9)17(18)19/h1-7,16H,8H2. The molecule has 0 bridgehead atoms. The number of para-hydroxylation sites is 2. The topological polar surface area (TPSA) is 89.3 Å². The van der Waals surface area contributed by atoms with Gasteiger partial charge in [0, 0.05) is 16.1 Å². The lowest BCUT2D eigenvalue weighted by Crippen LogP contribution is -2.17. The number of rotatable bonds is 5. The number of anilines is 1. The number of sulfonamides is 1. The lowest BCUT2D eigenvalue weighted by molar-refractivity contribution is -0.385. The molecule has 0 aliphatic carbocycles. The monoisotopic (exact) mass is 388 g/mol. The number of nitrogens with one attached hydrogen (secondary N) is 1. The second-order valence-electron chi connectivity index (χ2n) is 4.34. The van der Waals surface area contributed by atoms with Gasteiger partial charge in [-0.2, -0.15) is 0 Å². The van der Waals surface area contributed by atoms with E-state index in [4.69, 9.17) is 0 Å². The van der Waals surface area contributed by atoms with Crippen LogP contribution < -0.4 is 4.72 Å². The average molecular weight is 389 g/mol. The van der Waals surface area contributed by atoms with E-state index in [-0.39, 0.29) is 21.4 Å². The Morgan fingerprint density at radius 2 is 1.86 bits per heavy atom. The number of nitro groups is 1. The molecule has 0 radical (unpaired) electrons. The molecule has 22 heavy (non-hydrogen) atoms. The number of benzene rings is 2. The van der Waals surface area contributed by atoms with Crippen molar-refractivity contribution < 1.29 is 17.7 Å². The molecule has 0 aromatic heterocycles. The molecular formula is C13H10BrFN2O4S. The zero-order valence-corrected chi connectivity index (χ0v) is 13.4. The number of nitro benzene ring substituents is 1. The summed E-state index contributed by atoms with van der Waals surface area (Å²) in [5, 5.41) is 10.9. The quantitative estimate of drug-likeness (QED) is 0.627. The van der Waals surface area contributed by atoms with Gasteiger partial charge in [0.05, 0.1) is 10.6 Å². The zero-order chi connectivity index (χ0) is 16.3. The van der Waals surface area contributed by atoms with Gasteiger partial charge >= 0.3 is 0 Å². The maximum atomic E-state index is 13.7. The molecule has 0 aliphatic rings. The molecule has 0 saturated carbocycles. The van der Waals surface area contributed by atoms with Crippen LogP contribution >= 0.6 is 15.9 Å². The van der Waals surface area contributed by atoms with Gasteiger partial charge in [0.2, 0.25) is 10.0 Å². The Morgan fingerprint density at radius 3 is 2.50 bits per heavy atom. The van der Waals surface area contributed by atoms with Crippen LogP contribution in [0.4, 0.5) is 15.8 Å². The molecular weight excluding hydrogens is 379 g/mol. The summed E-state index contributed by atoms with van der Waals surface area (Å²) in [5.41, 5.74) is -0.519. The molecule has 0 aliphatic heterocycles. The van der Waals surface area contributed by atoms with Gasteiger partial charge in [-0.15, -0.1) is 0 Å². The SMILES string of the molecule is O=[N+]([O-])c1ccccc1CS(=O)(=O)Nc1c(F)cccc1Br. The van der Waals surface area contributed by atoms with Crippen molar-refractivity contribution in [2.45, 2.75) is 5.75 Å². The molecule has 2 aromatic rings. The third kappa shape index (κ3) is 3.80. The summed E-state index contributed by atoms with van der Waals surface area (Å²) in [5.74, 6) is -1.38. The highest BCUT2D eigenvalue weighted by atomic mass is 79.9. The Hall–Kier alpha value is -2.00. The van der Waals surface area contributed by atoms with Crippen molar-refractivity contribution in [1.82, 2.24) is 0 Å². The largest absolute Gasteiger partial charge is 0.279 e. The molecule has 0 unspecified atom stereocenters. The first-order valence-corrected chi connectivity index (χ1v) is 8.41. The Bertz CT molecular complexity index is 806. The van der Waals surface area contributed by atoms with Crippen LogP contribution in [0, 0.1) is 15.9 Å². The van der Waals surface area contributed by atoms with Crippen LogP contribution in [0.3, 0.4) is 0 Å². The molecule has 2 rings (SSSR count). The fraction of sp³-hybridized carbons (Fsp3) is 0.0769. The van der Waals surface area contributed by atoms with Gasteiger partial charge in [-0.05, 0) is 28.1 Å². The van der Waals surface area contributed by atoms with Gasteiger partial charge in [0.15, 0.2) is 0 Å². The number of hydrogen-bond donors (Lipinski definition) is 1. The Morgan fingerprint density at radius 1 is 1.18 bits per heavy atom. The van der Waals surface area contributed by atoms with Crippen LogP contribution in [0.5, 0.6) is 0 Å². The molecule has 9 heteroatoms. The predicted octanol–water partition coefficient (Wildman–Crippen LogP) is 3.44. The van der Waals surface area contributed by atoms with Gasteiger partial charge in [0.1, 0.15) is 11.6 Å².